The number of hydrogen-bond acceptors (Lipinski definition) is 3. The Balaban J connectivity index is 1.93. The Morgan fingerprint density at radius 3 is 2.53 bits per heavy atom. The van der Waals surface area contributed by atoms with Gasteiger partial charge < -0.3 is 14.8 Å². The lowest BCUT2D eigenvalue weighted by atomic mass is 9.80. The van der Waals surface area contributed by atoms with Crippen molar-refractivity contribution in [3.05, 3.63) is 23.2 Å². The highest BCUT2D eigenvalue weighted by Gasteiger charge is 2.24. The van der Waals surface area contributed by atoms with Gasteiger partial charge in [0.25, 0.3) is 0 Å². The van der Waals surface area contributed by atoms with Crippen LogP contribution in [0.5, 0.6) is 0 Å². The van der Waals surface area contributed by atoms with Gasteiger partial charge in [-0.05, 0) is 44.1 Å². The first kappa shape index (κ1) is 14.1. The Morgan fingerprint density at radius 2 is 2.00 bits per heavy atom. The molecule has 0 aromatic carbocycles. The second-order valence-electron chi connectivity index (χ2n) is 5.99. The first-order chi connectivity index (χ1) is 8.95. The first-order valence-electron chi connectivity index (χ1n) is 7.01. The fourth-order valence-corrected chi connectivity index (χ4v) is 3.17. The molecular formula is C15H23NO3. The number of carboxylic acid groups (broad SMARTS) is 1. The van der Waals surface area contributed by atoms with Gasteiger partial charge in [0.15, 0.2) is 0 Å². The molecule has 1 heterocycles. The summed E-state index contributed by atoms with van der Waals surface area (Å²) in [6, 6.07) is 2.15. The van der Waals surface area contributed by atoms with Crippen molar-refractivity contribution in [2.24, 2.45) is 11.8 Å². The fourth-order valence-electron chi connectivity index (χ4n) is 3.17. The van der Waals surface area contributed by atoms with E-state index in [1.165, 1.54) is 19.3 Å². The Morgan fingerprint density at radius 1 is 1.37 bits per heavy atom. The molecule has 2 unspecified atom stereocenters. The Kier molecular flexibility index (Phi) is 4.30. The van der Waals surface area contributed by atoms with Crippen LogP contribution in [-0.2, 0) is 6.54 Å². The van der Waals surface area contributed by atoms with Crippen LogP contribution in [0.15, 0.2) is 10.5 Å². The Hall–Kier alpha value is -1.29. The molecule has 4 nitrogen and oxygen atoms in total. The minimum Gasteiger partial charge on any atom is -0.475 e. The largest absolute Gasteiger partial charge is 0.475 e. The number of aromatic carboxylic acids is 1. The SMILES string of the molecule is Cc1oc(C(=O)O)cc1CNC1CC(C)CC(C)C1. The zero-order valence-corrected chi connectivity index (χ0v) is 11.9. The van der Waals surface area contributed by atoms with Crippen molar-refractivity contribution >= 4 is 5.97 Å². The third-order valence-electron chi connectivity index (χ3n) is 3.99. The molecule has 19 heavy (non-hydrogen) atoms. The fraction of sp³-hybridized carbons (Fsp3) is 0.667. The molecule has 0 bridgehead atoms. The van der Waals surface area contributed by atoms with E-state index in [1.807, 2.05) is 6.92 Å². The molecule has 0 saturated heterocycles. The van der Waals surface area contributed by atoms with Crippen LogP contribution in [0.1, 0.15) is 55.0 Å². The van der Waals surface area contributed by atoms with E-state index in [-0.39, 0.29) is 5.76 Å². The van der Waals surface area contributed by atoms with Crippen molar-refractivity contribution in [1.29, 1.82) is 0 Å². The average Bonchev–Trinajstić information content (AvgIpc) is 2.67. The van der Waals surface area contributed by atoms with Crippen LogP contribution in [0.3, 0.4) is 0 Å². The molecular weight excluding hydrogens is 242 g/mol. The lowest BCUT2D eigenvalue weighted by Gasteiger charge is -2.32. The summed E-state index contributed by atoms with van der Waals surface area (Å²) < 4.78 is 5.22. The average molecular weight is 265 g/mol. The van der Waals surface area contributed by atoms with Gasteiger partial charge in [-0.25, -0.2) is 4.79 Å². The Labute approximate surface area is 114 Å². The summed E-state index contributed by atoms with van der Waals surface area (Å²) in [5, 5.41) is 12.4. The minimum absolute atomic E-state index is 0.0275. The molecule has 2 N–H and O–H groups in total. The summed E-state index contributed by atoms with van der Waals surface area (Å²) >= 11 is 0. The number of carbonyl (C=O) groups is 1. The van der Waals surface area contributed by atoms with Gasteiger partial charge in [0.1, 0.15) is 5.76 Å². The predicted octanol–water partition coefficient (Wildman–Crippen LogP) is 3.20. The second-order valence-corrected chi connectivity index (χ2v) is 5.99. The number of nitrogens with one attached hydrogen (secondary N) is 1. The van der Waals surface area contributed by atoms with Gasteiger partial charge in [-0.1, -0.05) is 13.8 Å². The molecule has 0 spiro atoms. The molecule has 1 fully saturated rings. The summed E-state index contributed by atoms with van der Waals surface area (Å²) in [4.78, 5) is 10.8. The number of aryl methyl sites for hydroxylation is 1. The maximum absolute atomic E-state index is 10.8. The van der Waals surface area contributed by atoms with Crippen LogP contribution in [0.4, 0.5) is 0 Å². The van der Waals surface area contributed by atoms with E-state index in [2.05, 4.69) is 19.2 Å². The topological polar surface area (TPSA) is 62.5 Å². The van der Waals surface area contributed by atoms with E-state index in [4.69, 9.17) is 9.52 Å². The molecule has 106 valence electrons. The first-order valence-corrected chi connectivity index (χ1v) is 7.01. The quantitative estimate of drug-likeness (QED) is 0.877. The molecule has 0 aliphatic heterocycles. The zero-order chi connectivity index (χ0) is 14.0. The monoisotopic (exact) mass is 265 g/mol. The molecule has 4 heteroatoms. The lowest BCUT2D eigenvalue weighted by molar-refractivity contribution is 0.0661. The van der Waals surface area contributed by atoms with Gasteiger partial charge in [-0.3, -0.25) is 0 Å². The van der Waals surface area contributed by atoms with Gasteiger partial charge in [-0.15, -0.1) is 0 Å². The maximum atomic E-state index is 10.8. The van der Waals surface area contributed by atoms with Crippen molar-refractivity contribution in [3.63, 3.8) is 0 Å². The summed E-state index contributed by atoms with van der Waals surface area (Å²) in [5.41, 5.74) is 0.947. The van der Waals surface area contributed by atoms with Gasteiger partial charge in [-0.2, -0.15) is 0 Å². The summed E-state index contributed by atoms with van der Waals surface area (Å²) in [6.45, 7) is 7.11. The van der Waals surface area contributed by atoms with Gasteiger partial charge in [0, 0.05) is 18.2 Å². The van der Waals surface area contributed by atoms with Gasteiger partial charge in [0.2, 0.25) is 5.76 Å². The van der Waals surface area contributed by atoms with Crippen LogP contribution in [0, 0.1) is 18.8 Å². The molecule has 2 atom stereocenters. The van der Waals surface area contributed by atoms with Crippen LogP contribution < -0.4 is 5.32 Å². The normalized spacial score (nSPS) is 27.4. The second kappa shape index (κ2) is 5.78. The molecule has 1 saturated carbocycles. The van der Waals surface area contributed by atoms with Gasteiger partial charge in [0.05, 0.1) is 0 Å². The highest BCUT2D eigenvalue weighted by molar-refractivity contribution is 5.84. The lowest BCUT2D eigenvalue weighted by Crippen LogP contribution is -2.35. The minimum atomic E-state index is -1.01. The molecule has 1 aromatic heterocycles. The number of rotatable bonds is 4. The smallest absolute Gasteiger partial charge is 0.371 e. The number of carboxylic acids is 1. The van der Waals surface area contributed by atoms with Crippen LogP contribution in [0.2, 0.25) is 0 Å². The van der Waals surface area contributed by atoms with E-state index < -0.39 is 5.97 Å². The highest BCUT2D eigenvalue weighted by Crippen LogP contribution is 2.28. The zero-order valence-electron chi connectivity index (χ0n) is 11.9. The van der Waals surface area contributed by atoms with E-state index in [1.54, 1.807) is 6.07 Å². The van der Waals surface area contributed by atoms with Gasteiger partial charge >= 0.3 is 5.97 Å². The number of hydrogen-bond donors (Lipinski definition) is 2. The predicted molar refractivity (Wildman–Crippen MR) is 73.2 cm³/mol. The van der Waals surface area contributed by atoms with E-state index >= 15 is 0 Å². The third-order valence-corrected chi connectivity index (χ3v) is 3.99. The summed E-state index contributed by atoms with van der Waals surface area (Å²) in [5.74, 6) is 1.25. The molecule has 1 aliphatic rings. The van der Waals surface area contributed by atoms with Crippen molar-refractivity contribution in [2.75, 3.05) is 0 Å². The number of furan rings is 1. The van der Waals surface area contributed by atoms with E-state index in [0.717, 1.165) is 17.4 Å². The van der Waals surface area contributed by atoms with Crippen LogP contribution in [0.25, 0.3) is 0 Å². The Bertz CT molecular complexity index is 442. The van der Waals surface area contributed by atoms with Crippen molar-refractivity contribution in [2.45, 2.75) is 52.6 Å². The van der Waals surface area contributed by atoms with Crippen molar-refractivity contribution in [3.8, 4) is 0 Å². The maximum Gasteiger partial charge on any atom is 0.371 e. The van der Waals surface area contributed by atoms with E-state index in [9.17, 15) is 4.79 Å². The summed E-state index contributed by atoms with van der Waals surface area (Å²) in [7, 11) is 0. The van der Waals surface area contributed by atoms with Crippen molar-refractivity contribution < 1.29 is 14.3 Å². The molecule has 1 aliphatic carbocycles. The summed E-state index contributed by atoms with van der Waals surface area (Å²) in [6.07, 6.45) is 3.71. The molecule has 0 radical (unpaired) electrons. The molecule has 2 rings (SSSR count). The molecule has 0 amide bonds. The highest BCUT2D eigenvalue weighted by atomic mass is 16.4. The third kappa shape index (κ3) is 3.60. The van der Waals surface area contributed by atoms with Crippen molar-refractivity contribution in [1.82, 2.24) is 5.32 Å². The standard InChI is InChI=1S/C15H23NO3/c1-9-4-10(2)6-13(5-9)16-8-12-7-14(15(17)18)19-11(12)3/h7,9-10,13,16H,4-6,8H2,1-3H3,(H,17,18). The van der Waals surface area contributed by atoms with Crippen LogP contribution in [-0.4, -0.2) is 17.1 Å². The molecule has 1 aromatic rings. The van der Waals surface area contributed by atoms with E-state index in [0.29, 0.717) is 18.3 Å². The van der Waals surface area contributed by atoms with Crippen LogP contribution >= 0.6 is 0 Å².